The summed E-state index contributed by atoms with van der Waals surface area (Å²) < 4.78 is 0. The highest BCUT2D eigenvalue weighted by atomic mass is 32.2. The molecule has 0 spiro atoms. The lowest BCUT2D eigenvalue weighted by Crippen LogP contribution is -2.44. The predicted molar refractivity (Wildman–Crippen MR) is 74.0 cm³/mol. The van der Waals surface area contributed by atoms with Gasteiger partial charge in [0.05, 0.1) is 0 Å². The maximum atomic E-state index is 3.83. The number of fused-ring (bicyclic) bond motifs is 2. The summed E-state index contributed by atoms with van der Waals surface area (Å²) >= 11 is 1.96. The Labute approximate surface area is 105 Å². The van der Waals surface area contributed by atoms with Gasteiger partial charge in [-0.1, -0.05) is 20.8 Å². The molecule has 3 unspecified atom stereocenters. The Bertz CT molecular complexity index is 251. The Balaban J connectivity index is 1.89. The lowest BCUT2D eigenvalue weighted by atomic mass is 9.69. The summed E-state index contributed by atoms with van der Waals surface area (Å²) in [6.45, 7) is 8.72. The van der Waals surface area contributed by atoms with Gasteiger partial charge in [0.15, 0.2) is 0 Å². The van der Waals surface area contributed by atoms with E-state index in [1.54, 1.807) is 0 Å². The van der Waals surface area contributed by atoms with Gasteiger partial charge in [-0.15, -0.1) is 0 Å². The quantitative estimate of drug-likeness (QED) is 0.739. The van der Waals surface area contributed by atoms with Crippen LogP contribution in [-0.4, -0.2) is 24.6 Å². The maximum Gasteiger partial charge on any atom is 0.0129 e. The zero-order valence-corrected chi connectivity index (χ0v) is 12.1. The van der Waals surface area contributed by atoms with Gasteiger partial charge in [0.1, 0.15) is 0 Å². The summed E-state index contributed by atoms with van der Waals surface area (Å²) in [5.41, 5.74) is 1.11. The van der Waals surface area contributed by atoms with E-state index >= 15 is 0 Å². The van der Waals surface area contributed by atoms with Crippen molar-refractivity contribution in [3.63, 3.8) is 0 Å². The van der Waals surface area contributed by atoms with E-state index in [1.807, 2.05) is 11.8 Å². The molecule has 0 aromatic rings. The van der Waals surface area contributed by atoms with Crippen LogP contribution in [0.15, 0.2) is 0 Å². The van der Waals surface area contributed by atoms with E-state index in [0.29, 0.717) is 10.8 Å². The van der Waals surface area contributed by atoms with Crippen LogP contribution in [0.5, 0.6) is 0 Å². The van der Waals surface area contributed by atoms with E-state index in [4.69, 9.17) is 0 Å². The van der Waals surface area contributed by atoms with Gasteiger partial charge in [-0.25, -0.2) is 0 Å². The number of hydrogen-bond acceptors (Lipinski definition) is 2. The fourth-order valence-electron chi connectivity index (χ4n) is 4.01. The van der Waals surface area contributed by atoms with E-state index in [2.05, 4.69) is 32.3 Å². The molecule has 2 saturated carbocycles. The minimum absolute atomic E-state index is 0.553. The summed E-state index contributed by atoms with van der Waals surface area (Å²) in [6, 6.07) is 0.781. The third-order valence-corrected chi connectivity index (χ3v) is 6.41. The molecule has 0 radical (unpaired) electrons. The second-order valence-corrected chi connectivity index (χ2v) is 7.45. The van der Waals surface area contributed by atoms with Gasteiger partial charge >= 0.3 is 0 Å². The molecular formula is C14H27NS. The molecule has 2 rings (SSSR count). The smallest absolute Gasteiger partial charge is 0.0129 e. The first-order chi connectivity index (χ1) is 7.52. The summed E-state index contributed by atoms with van der Waals surface area (Å²) in [5.74, 6) is 2.26. The number of hydrogen-bond donors (Lipinski definition) is 1. The van der Waals surface area contributed by atoms with Crippen LogP contribution < -0.4 is 5.32 Å². The zero-order chi connectivity index (χ0) is 11.8. The van der Waals surface area contributed by atoms with E-state index in [-0.39, 0.29) is 0 Å². The van der Waals surface area contributed by atoms with E-state index in [9.17, 15) is 0 Å². The van der Waals surface area contributed by atoms with Crippen LogP contribution in [-0.2, 0) is 0 Å². The molecule has 94 valence electrons. The van der Waals surface area contributed by atoms with Crippen LogP contribution in [0.1, 0.15) is 46.5 Å². The van der Waals surface area contributed by atoms with Crippen molar-refractivity contribution in [2.45, 2.75) is 52.5 Å². The molecule has 0 aliphatic heterocycles. The van der Waals surface area contributed by atoms with Gasteiger partial charge in [-0.05, 0) is 61.0 Å². The Morgan fingerprint density at radius 3 is 2.56 bits per heavy atom. The molecule has 0 amide bonds. The highest BCUT2D eigenvalue weighted by molar-refractivity contribution is 7.98. The van der Waals surface area contributed by atoms with Gasteiger partial charge in [-0.2, -0.15) is 11.8 Å². The second kappa shape index (κ2) is 4.53. The first-order valence-electron chi connectivity index (χ1n) is 6.74. The van der Waals surface area contributed by atoms with E-state index in [1.165, 1.54) is 38.0 Å². The van der Waals surface area contributed by atoms with Crippen LogP contribution in [0.2, 0.25) is 0 Å². The normalized spacial score (nSPS) is 40.5. The van der Waals surface area contributed by atoms with Crippen LogP contribution in [0.3, 0.4) is 0 Å². The van der Waals surface area contributed by atoms with Crippen molar-refractivity contribution >= 4 is 11.8 Å². The van der Waals surface area contributed by atoms with Crippen LogP contribution in [0.4, 0.5) is 0 Å². The molecule has 3 atom stereocenters. The van der Waals surface area contributed by atoms with Gasteiger partial charge in [0.25, 0.3) is 0 Å². The Kier molecular flexibility index (Phi) is 3.61. The average molecular weight is 241 g/mol. The largest absolute Gasteiger partial charge is 0.313 e. The van der Waals surface area contributed by atoms with Crippen LogP contribution >= 0.6 is 11.8 Å². The molecule has 16 heavy (non-hydrogen) atoms. The lowest BCUT2D eigenvalue weighted by molar-refractivity contribution is 0.121. The fraction of sp³-hybridized carbons (Fsp3) is 1.00. The molecule has 2 aliphatic carbocycles. The van der Waals surface area contributed by atoms with Crippen LogP contribution in [0.25, 0.3) is 0 Å². The van der Waals surface area contributed by atoms with Crippen molar-refractivity contribution in [1.82, 2.24) is 5.32 Å². The predicted octanol–water partition coefficient (Wildman–Crippen LogP) is 3.54. The first-order valence-corrected chi connectivity index (χ1v) is 8.14. The zero-order valence-electron chi connectivity index (χ0n) is 11.3. The SMILES string of the molecule is CSCCCNC1CC2CCC1(C)C2(C)C. The van der Waals surface area contributed by atoms with Crippen molar-refractivity contribution in [2.75, 3.05) is 18.6 Å². The highest BCUT2D eigenvalue weighted by Crippen LogP contribution is 2.65. The number of thioether (sulfide) groups is 1. The minimum Gasteiger partial charge on any atom is -0.313 e. The van der Waals surface area contributed by atoms with Gasteiger partial charge in [0, 0.05) is 6.04 Å². The molecule has 2 aliphatic rings. The maximum absolute atomic E-state index is 3.83. The topological polar surface area (TPSA) is 12.0 Å². The summed E-state index contributed by atoms with van der Waals surface area (Å²) in [4.78, 5) is 0. The van der Waals surface area contributed by atoms with E-state index < -0.39 is 0 Å². The Hall–Kier alpha value is 0.310. The third-order valence-electron chi connectivity index (χ3n) is 5.71. The number of nitrogens with one attached hydrogen (secondary N) is 1. The summed E-state index contributed by atoms with van der Waals surface area (Å²) in [6.07, 6.45) is 7.83. The molecule has 2 bridgehead atoms. The van der Waals surface area contributed by atoms with Gasteiger partial charge < -0.3 is 5.32 Å². The number of rotatable bonds is 5. The third kappa shape index (κ3) is 1.82. The van der Waals surface area contributed by atoms with Crippen molar-refractivity contribution in [3.05, 3.63) is 0 Å². The second-order valence-electron chi connectivity index (χ2n) is 6.46. The molecule has 0 aromatic carbocycles. The van der Waals surface area contributed by atoms with E-state index in [0.717, 1.165) is 12.0 Å². The van der Waals surface area contributed by atoms with Crippen molar-refractivity contribution in [2.24, 2.45) is 16.7 Å². The average Bonchev–Trinajstić information content (AvgIpc) is 2.57. The molecule has 2 fully saturated rings. The molecular weight excluding hydrogens is 214 g/mol. The molecule has 0 aromatic heterocycles. The van der Waals surface area contributed by atoms with Gasteiger partial charge in [0.2, 0.25) is 0 Å². The molecule has 0 heterocycles. The van der Waals surface area contributed by atoms with Crippen LogP contribution in [0, 0.1) is 16.7 Å². The summed E-state index contributed by atoms with van der Waals surface area (Å²) in [7, 11) is 0. The lowest BCUT2D eigenvalue weighted by Gasteiger charge is -2.39. The van der Waals surface area contributed by atoms with Crippen molar-refractivity contribution < 1.29 is 0 Å². The molecule has 1 N–H and O–H groups in total. The first kappa shape index (κ1) is 12.8. The molecule has 1 nitrogen and oxygen atoms in total. The monoisotopic (exact) mass is 241 g/mol. The standard InChI is InChI=1S/C14H27NS/c1-13(2)11-6-7-14(13,3)12(10-11)15-8-5-9-16-4/h11-12,15H,5-10H2,1-4H3. The Morgan fingerprint density at radius 1 is 1.31 bits per heavy atom. The molecule has 0 saturated heterocycles. The van der Waals surface area contributed by atoms with Gasteiger partial charge in [-0.3, -0.25) is 0 Å². The summed E-state index contributed by atoms with van der Waals surface area (Å²) in [5, 5.41) is 3.83. The minimum atomic E-state index is 0.553. The van der Waals surface area contributed by atoms with Crippen molar-refractivity contribution in [1.29, 1.82) is 0 Å². The fourth-order valence-corrected chi connectivity index (χ4v) is 4.44. The molecule has 2 heteroatoms. The van der Waals surface area contributed by atoms with Crippen molar-refractivity contribution in [3.8, 4) is 0 Å². The highest BCUT2D eigenvalue weighted by Gasteiger charge is 2.60. The Morgan fingerprint density at radius 2 is 2.06 bits per heavy atom.